The Balaban J connectivity index is 2.94. The zero-order valence-electron chi connectivity index (χ0n) is 7.65. The van der Waals surface area contributed by atoms with Gasteiger partial charge in [0.05, 0.1) is 4.92 Å². The molecule has 0 amide bonds. The van der Waals surface area contributed by atoms with Gasteiger partial charge in [-0.05, 0) is 12.1 Å². The van der Waals surface area contributed by atoms with Crippen LogP contribution in [0.2, 0.25) is 0 Å². The average Bonchev–Trinajstić information content (AvgIpc) is 2.15. The molecule has 0 bridgehead atoms. The first-order chi connectivity index (χ1) is 6.82. The van der Waals surface area contributed by atoms with Crippen LogP contribution in [0.15, 0.2) is 24.3 Å². The van der Waals surface area contributed by atoms with Crippen molar-refractivity contribution < 1.29 is 18.1 Å². The van der Waals surface area contributed by atoms with E-state index in [9.17, 15) is 23.3 Å². The lowest BCUT2D eigenvalue weighted by Gasteiger charge is -2.21. The number of rotatable bonds is 2. The molecule has 1 aromatic carbocycles. The minimum atomic E-state index is -4.49. The predicted octanol–water partition coefficient (Wildman–Crippen LogP) is 2.55. The van der Waals surface area contributed by atoms with Crippen LogP contribution in [0.25, 0.3) is 0 Å². The number of hydrogen-bond acceptors (Lipinski definition) is 3. The van der Waals surface area contributed by atoms with Gasteiger partial charge in [0.1, 0.15) is 0 Å². The Bertz CT molecular complexity index is 361. The van der Waals surface area contributed by atoms with Crippen LogP contribution in [-0.2, 0) is 0 Å². The van der Waals surface area contributed by atoms with Gasteiger partial charge < -0.3 is 0 Å². The lowest BCUT2D eigenvalue weighted by Crippen LogP contribution is -2.33. The lowest BCUT2D eigenvalue weighted by atomic mass is 10.3. The molecule has 0 spiro atoms. The Morgan fingerprint density at radius 1 is 1.27 bits per heavy atom. The summed E-state index contributed by atoms with van der Waals surface area (Å²) in [4.78, 5) is 9.66. The Labute approximate surface area is 83.1 Å². The van der Waals surface area contributed by atoms with Crippen molar-refractivity contribution in [3.63, 3.8) is 0 Å². The molecule has 0 unspecified atom stereocenters. The van der Waals surface area contributed by atoms with Crippen LogP contribution in [-0.4, -0.2) is 18.3 Å². The summed E-state index contributed by atoms with van der Waals surface area (Å²) in [5.41, 5.74) is -0.387. The summed E-state index contributed by atoms with van der Waals surface area (Å²) in [6.07, 6.45) is -4.49. The van der Waals surface area contributed by atoms with Crippen molar-refractivity contribution in [2.24, 2.45) is 0 Å². The maximum absolute atomic E-state index is 12.2. The van der Waals surface area contributed by atoms with Crippen molar-refractivity contribution in [2.75, 3.05) is 11.9 Å². The Morgan fingerprint density at radius 3 is 2.07 bits per heavy atom. The fourth-order valence-corrected chi connectivity index (χ4v) is 0.944. The molecule has 1 rings (SSSR count). The topological polar surface area (TPSA) is 46.4 Å². The summed E-state index contributed by atoms with van der Waals surface area (Å²) in [7, 11) is 0.848. The highest BCUT2D eigenvalue weighted by Gasteiger charge is 2.34. The molecule has 0 heterocycles. The molecule has 0 atom stereocenters. The highest BCUT2D eigenvalue weighted by Crippen LogP contribution is 2.27. The SMILES string of the molecule is CN(c1ccc([N+](=O)[O-])cc1)C(F)(F)F. The van der Waals surface area contributed by atoms with Gasteiger partial charge >= 0.3 is 6.30 Å². The van der Waals surface area contributed by atoms with Crippen molar-refractivity contribution in [1.82, 2.24) is 0 Å². The van der Waals surface area contributed by atoms with Crippen molar-refractivity contribution >= 4 is 11.4 Å². The molecule has 15 heavy (non-hydrogen) atoms. The Kier molecular flexibility index (Phi) is 2.83. The Morgan fingerprint density at radius 2 is 1.73 bits per heavy atom. The molecule has 1 aromatic rings. The van der Waals surface area contributed by atoms with Crippen LogP contribution in [0.3, 0.4) is 0 Å². The summed E-state index contributed by atoms with van der Waals surface area (Å²) in [6, 6.07) is 4.15. The monoisotopic (exact) mass is 220 g/mol. The van der Waals surface area contributed by atoms with Gasteiger partial charge in [0.15, 0.2) is 0 Å². The van der Waals surface area contributed by atoms with Crippen LogP contribution in [0.4, 0.5) is 24.5 Å². The van der Waals surface area contributed by atoms with Crippen LogP contribution < -0.4 is 4.90 Å². The number of nitrogens with zero attached hydrogens (tertiary/aromatic N) is 2. The van der Waals surface area contributed by atoms with Gasteiger partial charge in [0, 0.05) is 24.9 Å². The minimum Gasteiger partial charge on any atom is -0.287 e. The predicted molar refractivity (Wildman–Crippen MR) is 47.6 cm³/mol. The summed E-state index contributed by atoms with van der Waals surface area (Å²) in [6.45, 7) is 0. The van der Waals surface area contributed by atoms with Crippen LogP contribution in [0.5, 0.6) is 0 Å². The van der Waals surface area contributed by atoms with Gasteiger partial charge in [-0.2, -0.15) is 13.2 Å². The zero-order valence-corrected chi connectivity index (χ0v) is 7.65. The second kappa shape index (κ2) is 3.76. The number of alkyl halides is 3. The van der Waals surface area contributed by atoms with Crippen molar-refractivity contribution in [3.8, 4) is 0 Å². The normalized spacial score (nSPS) is 11.2. The van der Waals surface area contributed by atoms with E-state index in [1.54, 1.807) is 0 Å². The first-order valence-electron chi connectivity index (χ1n) is 3.87. The number of hydrogen-bond donors (Lipinski definition) is 0. The number of benzene rings is 1. The number of nitro benzene ring substituents is 1. The smallest absolute Gasteiger partial charge is 0.287 e. The van der Waals surface area contributed by atoms with Gasteiger partial charge in [-0.1, -0.05) is 0 Å². The number of non-ortho nitro benzene ring substituents is 1. The van der Waals surface area contributed by atoms with E-state index in [0.717, 1.165) is 31.3 Å². The molecule has 0 fully saturated rings. The van der Waals surface area contributed by atoms with Gasteiger partial charge in [-0.3, -0.25) is 15.0 Å². The molecule has 7 heteroatoms. The van der Waals surface area contributed by atoms with Crippen molar-refractivity contribution in [2.45, 2.75) is 6.30 Å². The maximum atomic E-state index is 12.2. The summed E-state index contributed by atoms with van der Waals surface area (Å²) >= 11 is 0. The van der Waals surface area contributed by atoms with E-state index in [1.165, 1.54) is 0 Å². The van der Waals surface area contributed by atoms with Gasteiger partial charge in [0.2, 0.25) is 0 Å². The van der Waals surface area contributed by atoms with E-state index in [2.05, 4.69) is 0 Å². The third kappa shape index (κ3) is 2.58. The standard InChI is InChI=1S/C8H7F3N2O2/c1-12(8(9,10)11)6-2-4-7(5-3-6)13(14)15/h2-5H,1H3. The zero-order chi connectivity index (χ0) is 11.6. The van der Waals surface area contributed by atoms with Gasteiger partial charge in [-0.15, -0.1) is 0 Å². The van der Waals surface area contributed by atoms with Crippen LogP contribution in [0.1, 0.15) is 0 Å². The maximum Gasteiger partial charge on any atom is 0.484 e. The molecule has 0 aromatic heterocycles. The first kappa shape index (κ1) is 11.3. The number of anilines is 1. The minimum absolute atomic E-state index is 0.0801. The highest BCUT2D eigenvalue weighted by atomic mass is 19.4. The molecule has 0 radical (unpaired) electrons. The van der Waals surface area contributed by atoms with Crippen molar-refractivity contribution in [3.05, 3.63) is 34.4 Å². The third-order valence-electron chi connectivity index (χ3n) is 1.83. The molecule has 0 saturated heterocycles. The molecular formula is C8H7F3N2O2. The largest absolute Gasteiger partial charge is 0.484 e. The van der Waals surface area contributed by atoms with E-state index >= 15 is 0 Å². The van der Waals surface area contributed by atoms with E-state index in [4.69, 9.17) is 0 Å². The first-order valence-corrected chi connectivity index (χ1v) is 3.87. The molecule has 4 nitrogen and oxygen atoms in total. The second-order valence-corrected chi connectivity index (χ2v) is 2.80. The molecule has 0 aliphatic carbocycles. The molecule has 0 aliphatic rings. The summed E-state index contributed by atoms with van der Waals surface area (Å²) in [5, 5.41) is 10.2. The lowest BCUT2D eigenvalue weighted by molar-refractivity contribution is -0.384. The molecular weight excluding hydrogens is 213 g/mol. The Hall–Kier alpha value is -1.79. The van der Waals surface area contributed by atoms with Crippen LogP contribution in [0, 0.1) is 10.1 Å². The van der Waals surface area contributed by atoms with E-state index < -0.39 is 11.2 Å². The molecule has 0 aliphatic heterocycles. The fourth-order valence-electron chi connectivity index (χ4n) is 0.944. The number of halogens is 3. The van der Waals surface area contributed by atoms with Gasteiger partial charge in [0.25, 0.3) is 5.69 Å². The highest BCUT2D eigenvalue weighted by molar-refractivity contribution is 5.50. The van der Waals surface area contributed by atoms with E-state index in [0.29, 0.717) is 0 Å². The average molecular weight is 220 g/mol. The van der Waals surface area contributed by atoms with Gasteiger partial charge in [-0.25, -0.2) is 0 Å². The number of nitro groups is 1. The van der Waals surface area contributed by atoms with E-state index in [1.807, 2.05) is 0 Å². The fraction of sp³-hybridized carbons (Fsp3) is 0.250. The molecule has 0 N–H and O–H groups in total. The molecule has 0 saturated carbocycles. The third-order valence-corrected chi connectivity index (χ3v) is 1.83. The summed E-state index contributed by atoms with van der Waals surface area (Å²) < 4.78 is 36.6. The van der Waals surface area contributed by atoms with E-state index in [-0.39, 0.29) is 16.3 Å². The quantitative estimate of drug-likeness (QED) is 0.437. The van der Waals surface area contributed by atoms with Crippen molar-refractivity contribution in [1.29, 1.82) is 0 Å². The molecule has 82 valence electrons. The summed E-state index contributed by atoms with van der Waals surface area (Å²) in [5.74, 6) is 0. The second-order valence-electron chi connectivity index (χ2n) is 2.80. The van der Waals surface area contributed by atoms with Crippen LogP contribution >= 0.6 is 0 Å².